The second-order valence-corrected chi connectivity index (χ2v) is 3.10. The third-order valence-corrected chi connectivity index (χ3v) is 2.39. The van der Waals surface area contributed by atoms with E-state index in [9.17, 15) is 0 Å². The van der Waals surface area contributed by atoms with E-state index in [1.54, 1.807) is 6.21 Å². The number of hydrogen-bond acceptors (Lipinski definition) is 2. The Kier molecular flexibility index (Phi) is 1.42. The van der Waals surface area contributed by atoms with Crippen LogP contribution in [0.25, 0.3) is 0 Å². The quantitative estimate of drug-likeness (QED) is 0.386. The molecule has 0 saturated carbocycles. The van der Waals surface area contributed by atoms with E-state index in [4.69, 9.17) is 16.4 Å². The third kappa shape index (κ3) is 0.833. The molecule has 0 N–H and O–H groups in total. The second-order valence-electron chi connectivity index (χ2n) is 2.60. The first-order valence-electron chi connectivity index (χ1n) is 3.38. The Morgan fingerprint density at radius 1 is 1.60 bits per heavy atom. The lowest BCUT2D eigenvalue weighted by Gasteiger charge is -2.23. The van der Waals surface area contributed by atoms with Gasteiger partial charge in [0.1, 0.15) is 0 Å². The van der Waals surface area contributed by atoms with Gasteiger partial charge in [-0.1, -0.05) is 11.2 Å². The number of oxime groups is 1. The van der Waals surface area contributed by atoms with Crippen molar-refractivity contribution in [2.24, 2.45) is 11.1 Å². The SMILES string of the molecule is ClC1C=NO[C@@H]2C=CC[C@H]12. The van der Waals surface area contributed by atoms with Crippen LogP contribution in [0.15, 0.2) is 17.3 Å². The summed E-state index contributed by atoms with van der Waals surface area (Å²) in [5.41, 5.74) is 0. The number of halogens is 1. The lowest BCUT2D eigenvalue weighted by Crippen LogP contribution is -2.29. The van der Waals surface area contributed by atoms with E-state index in [0.717, 1.165) is 6.42 Å². The van der Waals surface area contributed by atoms with Gasteiger partial charge in [0.25, 0.3) is 0 Å². The van der Waals surface area contributed by atoms with Gasteiger partial charge in [-0.25, -0.2) is 0 Å². The number of hydrogen-bond donors (Lipinski definition) is 0. The van der Waals surface area contributed by atoms with Crippen LogP contribution in [0.1, 0.15) is 6.42 Å². The van der Waals surface area contributed by atoms with Crippen LogP contribution < -0.4 is 0 Å². The van der Waals surface area contributed by atoms with Crippen LogP contribution in [-0.2, 0) is 4.84 Å². The van der Waals surface area contributed by atoms with Crippen LogP contribution >= 0.6 is 11.6 Å². The summed E-state index contributed by atoms with van der Waals surface area (Å²) in [4.78, 5) is 5.07. The summed E-state index contributed by atoms with van der Waals surface area (Å²) in [6.45, 7) is 0. The molecule has 0 spiro atoms. The number of allylic oxidation sites excluding steroid dienone is 1. The van der Waals surface area contributed by atoms with Crippen molar-refractivity contribution in [3.63, 3.8) is 0 Å². The first-order chi connectivity index (χ1) is 4.88. The molecule has 2 aliphatic rings. The summed E-state index contributed by atoms with van der Waals surface area (Å²) in [5.74, 6) is 0.416. The first kappa shape index (κ1) is 6.23. The van der Waals surface area contributed by atoms with Crippen molar-refractivity contribution >= 4 is 17.8 Å². The monoisotopic (exact) mass is 157 g/mol. The molecule has 3 heteroatoms. The van der Waals surface area contributed by atoms with E-state index >= 15 is 0 Å². The fourth-order valence-electron chi connectivity index (χ4n) is 1.35. The highest BCUT2D eigenvalue weighted by atomic mass is 35.5. The topological polar surface area (TPSA) is 21.6 Å². The smallest absolute Gasteiger partial charge is 0.150 e. The maximum Gasteiger partial charge on any atom is 0.150 e. The predicted octanol–water partition coefficient (Wildman–Crippen LogP) is 1.55. The minimum absolute atomic E-state index is 0.0498. The highest BCUT2D eigenvalue weighted by Crippen LogP contribution is 2.29. The van der Waals surface area contributed by atoms with Crippen molar-refractivity contribution in [3.8, 4) is 0 Å². The van der Waals surface area contributed by atoms with Crippen LogP contribution in [0.4, 0.5) is 0 Å². The van der Waals surface area contributed by atoms with E-state index in [0.29, 0.717) is 5.92 Å². The van der Waals surface area contributed by atoms with Crippen molar-refractivity contribution in [2.45, 2.75) is 17.9 Å². The Morgan fingerprint density at radius 2 is 2.50 bits per heavy atom. The van der Waals surface area contributed by atoms with Gasteiger partial charge in [0.05, 0.1) is 11.6 Å². The standard InChI is InChI=1S/C7H8ClNO/c8-6-4-9-10-7-3-1-2-5(6)7/h1,3-7H,2H2/t5-,6?,7-/m1/s1. The largest absolute Gasteiger partial charge is 0.388 e. The molecule has 0 aromatic rings. The molecular weight excluding hydrogens is 150 g/mol. The van der Waals surface area contributed by atoms with Crippen LogP contribution in [-0.4, -0.2) is 17.7 Å². The van der Waals surface area contributed by atoms with E-state index in [1.807, 2.05) is 6.08 Å². The molecule has 1 aliphatic carbocycles. The van der Waals surface area contributed by atoms with Gasteiger partial charge >= 0.3 is 0 Å². The van der Waals surface area contributed by atoms with Gasteiger partial charge in [-0.15, -0.1) is 11.6 Å². The van der Waals surface area contributed by atoms with Gasteiger partial charge in [0.15, 0.2) is 6.10 Å². The zero-order valence-corrected chi connectivity index (χ0v) is 6.16. The summed E-state index contributed by atoms with van der Waals surface area (Å²) >= 11 is 5.95. The van der Waals surface area contributed by atoms with Gasteiger partial charge in [-0.3, -0.25) is 0 Å². The Morgan fingerprint density at radius 3 is 3.30 bits per heavy atom. The molecule has 3 atom stereocenters. The van der Waals surface area contributed by atoms with Gasteiger partial charge in [0, 0.05) is 5.92 Å². The molecule has 1 heterocycles. The highest BCUT2D eigenvalue weighted by Gasteiger charge is 2.32. The van der Waals surface area contributed by atoms with E-state index in [2.05, 4.69) is 11.2 Å². The van der Waals surface area contributed by atoms with Crippen molar-refractivity contribution in [2.75, 3.05) is 0 Å². The molecule has 54 valence electrons. The molecule has 0 bridgehead atoms. The maximum absolute atomic E-state index is 5.95. The lowest BCUT2D eigenvalue weighted by molar-refractivity contribution is 0.0501. The summed E-state index contributed by atoms with van der Waals surface area (Å²) in [6, 6.07) is 0. The number of alkyl halides is 1. The summed E-state index contributed by atoms with van der Waals surface area (Å²) in [6.07, 6.45) is 6.93. The Hall–Kier alpha value is -0.500. The fourth-order valence-corrected chi connectivity index (χ4v) is 1.64. The van der Waals surface area contributed by atoms with E-state index in [-0.39, 0.29) is 11.5 Å². The molecule has 0 aromatic carbocycles. The van der Waals surface area contributed by atoms with Crippen LogP contribution in [0.5, 0.6) is 0 Å². The van der Waals surface area contributed by atoms with Gasteiger partial charge in [-0.05, 0) is 12.5 Å². The molecular formula is C7H8ClNO. The Labute approximate surface area is 64.5 Å². The minimum atomic E-state index is 0.0498. The molecule has 1 unspecified atom stereocenters. The Bertz CT molecular complexity index is 190. The first-order valence-corrected chi connectivity index (χ1v) is 3.81. The summed E-state index contributed by atoms with van der Waals surface area (Å²) < 4.78 is 0. The molecule has 0 amide bonds. The zero-order valence-electron chi connectivity index (χ0n) is 5.40. The zero-order chi connectivity index (χ0) is 6.97. The van der Waals surface area contributed by atoms with Crippen LogP contribution in [0.3, 0.4) is 0 Å². The fraction of sp³-hybridized carbons (Fsp3) is 0.571. The van der Waals surface area contributed by atoms with Gasteiger partial charge in [-0.2, -0.15) is 0 Å². The number of fused-ring (bicyclic) bond motifs is 1. The molecule has 10 heavy (non-hydrogen) atoms. The predicted molar refractivity (Wildman–Crippen MR) is 40.3 cm³/mol. The summed E-state index contributed by atoms with van der Waals surface area (Å²) in [7, 11) is 0. The molecule has 2 rings (SSSR count). The van der Waals surface area contributed by atoms with E-state index < -0.39 is 0 Å². The second kappa shape index (κ2) is 2.27. The lowest BCUT2D eigenvalue weighted by atomic mass is 10.0. The van der Waals surface area contributed by atoms with E-state index in [1.165, 1.54) is 0 Å². The molecule has 1 aliphatic heterocycles. The summed E-state index contributed by atoms with van der Waals surface area (Å²) in [5, 5.41) is 3.74. The van der Waals surface area contributed by atoms with Gasteiger partial charge in [0.2, 0.25) is 0 Å². The molecule has 0 radical (unpaired) electrons. The molecule has 0 fully saturated rings. The average molecular weight is 158 g/mol. The number of rotatable bonds is 0. The third-order valence-electron chi connectivity index (χ3n) is 1.95. The minimum Gasteiger partial charge on any atom is -0.388 e. The molecule has 2 nitrogen and oxygen atoms in total. The van der Waals surface area contributed by atoms with Gasteiger partial charge < -0.3 is 4.84 Å². The van der Waals surface area contributed by atoms with Crippen LogP contribution in [0, 0.1) is 5.92 Å². The van der Waals surface area contributed by atoms with Crippen molar-refractivity contribution in [1.82, 2.24) is 0 Å². The van der Waals surface area contributed by atoms with Crippen LogP contribution in [0.2, 0.25) is 0 Å². The molecule has 0 saturated heterocycles. The highest BCUT2D eigenvalue weighted by molar-refractivity contribution is 6.28. The molecule has 0 aromatic heterocycles. The number of nitrogens with zero attached hydrogens (tertiary/aromatic N) is 1. The van der Waals surface area contributed by atoms with Crippen molar-refractivity contribution in [1.29, 1.82) is 0 Å². The Balaban J connectivity index is 2.18. The average Bonchev–Trinajstić information content (AvgIpc) is 2.36. The van der Waals surface area contributed by atoms with Crippen molar-refractivity contribution < 1.29 is 4.84 Å². The normalized spacial score (nSPS) is 43.1. The van der Waals surface area contributed by atoms with Crippen molar-refractivity contribution in [3.05, 3.63) is 12.2 Å². The maximum atomic E-state index is 5.95.